The van der Waals surface area contributed by atoms with E-state index in [0.717, 1.165) is 39.7 Å². The molecule has 3 rings (SSSR count). The predicted octanol–water partition coefficient (Wildman–Crippen LogP) is 5.29. The Morgan fingerprint density at radius 2 is 1.89 bits per heavy atom. The highest BCUT2D eigenvalue weighted by molar-refractivity contribution is 5.99. The maximum atomic E-state index is 9.96. The number of rotatable bonds is 5. The van der Waals surface area contributed by atoms with Crippen LogP contribution in [0, 0.1) is 24.2 Å². The average molecular weight is 356 g/mol. The van der Waals surface area contributed by atoms with Crippen molar-refractivity contribution in [2.24, 2.45) is 5.92 Å². The molecule has 0 aliphatic heterocycles. The maximum absolute atomic E-state index is 9.96. The molecule has 1 heterocycles. The number of aliphatic hydroxyl groups excluding tert-OH is 1. The molecule has 3 aromatic rings. The van der Waals surface area contributed by atoms with Crippen LogP contribution in [-0.2, 0) is 6.42 Å². The number of aryl methyl sites for hydroxylation is 1. The zero-order chi connectivity index (χ0) is 19.4. The minimum atomic E-state index is -0.00210. The highest BCUT2D eigenvalue weighted by Crippen LogP contribution is 2.34. The largest absolute Gasteiger partial charge is 0.392 e. The molecule has 0 saturated heterocycles. The van der Waals surface area contributed by atoms with Crippen LogP contribution in [0.2, 0.25) is 0 Å². The third-order valence-electron chi connectivity index (χ3n) is 4.55. The van der Waals surface area contributed by atoms with Crippen LogP contribution in [-0.4, -0.2) is 16.7 Å². The van der Waals surface area contributed by atoms with Gasteiger partial charge < -0.3 is 5.11 Å². The van der Waals surface area contributed by atoms with Crippen LogP contribution in [0.4, 0.5) is 0 Å². The summed E-state index contributed by atoms with van der Waals surface area (Å²) in [7, 11) is 0. The van der Waals surface area contributed by atoms with Crippen LogP contribution in [0.1, 0.15) is 36.2 Å². The fourth-order valence-corrected chi connectivity index (χ4v) is 3.30. The van der Waals surface area contributed by atoms with E-state index < -0.39 is 0 Å². The number of aliphatic hydroxyl groups is 1. The molecular weight excluding hydrogens is 332 g/mol. The number of aromatic nitrogens is 1. The van der Waals surface area contributed by atoms with Gasteiger partial charge in [-0.05, 0) is 42.5 Å². The van der Waals surface area contributed by atoms with Gasteiger partial charge in [-0.2, -0.15) is 5.26 Å². The summed E-state index contributed by atoms with van der Waals surface area (Å²) in [6, 6.07) is 16.7. The first-order valence-corrected chi connectivity index (χ1v) is 9.24. The molecule has 0 saturated carbocycles. The lowest BCUT2D eigenvalue weighted by Crippen LogP contribution is -2.04. The van der Waals surface area contributed by atoms with Gasteiger partial charge in [0, 0.05) is 10.9 Å². The minimum Gasteiger partial charge on any atom is -0.392 e. The van der Waals surface area contributed by atoms with E-state index in [1.165, 1.54) is 5.56 Å². The van der Waals surface area contributed by atoms with Gasteiger partial charge in [0.1, 0.15) is 6.07 Å². The zero-order valence-electron chi connectivity index (χ0n) is 16.0. The van der Waals surface area contributed by atoms with E-state index in [1.54, 1.807) is 6.08 Å². The molecule has 3 heteroatoms. The highest BCUT2D eigenvalue weighted by Gasteiger charge is 2.17. The number of pyridine rings is 1. The molecule has 27 heavy (non-hydrogen) atoms. The van der Waals surface area contributed by atoms with Crippen molar-refractivity contribution in [3.05, 3.63) is 70.9 Å². The van der Waals surface area contributed by atoms with Gasteiger partial charge in [-0.1, -0.05) is 61.9 Å². The van der Waals surface area contributed by atoms with Crippen LogP contribution in [0.25, 0.3) is 28.1 Å². The molecule has 0 bridgehead atoms. The van der Waals surface area contributed by atoms with Crippen molar-refractivity contribution in [3.63, 3.8) is 0 Å². The molecule has 1 N–H and O–H groups in total. The smallest absolute Gasteiger partial charge is 0.102 e. The van der Waals surface area contributed by atoms with Crippen LogP contribution < -0.4 is 0 Å². The normalized spacial score (nSPS) is 11.4. The van der Waals surface area contributed by atoms with Gasteiger partial charge in [0.25, 0.3) is 0 Å². The van der Waals surface area contributed by atoms with Crippen LogP contribution >= 0.6 is 0 Å². The third-order valence-corrected chi connectivity index (χ3v) is 4.55. The molecule has 0 aliphatic rings. The number of hydrogen-bond donors (Lipinski definition) is 1. The Hall–Kier alpha value is -2.96. The van der Waals surface area contributed by atoms with Gasteiger partial charge in [0.2, 0.25) is 0 Å². The second-order valence-electron chi connectivity index (χ2n) is 7.25. The molecular formula is C24H24N2O. The van der Waals surface area contributed by atoms with Gasteiger partial charge >= 0.3 is 0 Å². The molecule has 0 spiro atoms. The fourth-order valence-electron chi connectivity index (χ4n) is 3.30. The van der Waals surface area contributed by atoms with Crippen molar-refractivity contribution < 1.29 is 5.11 Å². The molecule has 1 aromatic heterocycles. The van der Waals surface area contributed by atoms with Crippen LogP contribution in [0.3, 0.4) is 0 Å². The predicted molar refractivity (Wildman–Crippen MR) is 111 cm³/mol. The molecule has 2 aromatic carbocycles. The van der Waals surface area contributed by atoms with Gasteiger partial charge in [-0.3, -0.25) is 4.98 Å². The quantitative estimate of drug-likeness (QED) is 0.676. The van der Waals surface area contributed by atoms with E-state index >= 15 is 0 Å². The van der Waals surface area contributed by atoms with E-state index in [2.05, 4.69) is 51.1 Å². The third kappa shape index (κ3) is 4.07. The number of benzene rings is 2. The summed E-state index contributed by atoms with van der Waals surface area (Å²) in [6.45, 7) is 6.34. The molecule has 0 fully saturated rings. The van der Waals surface area contributed by atoms with Gasteiger partial charge in [0.15, 0.2) is 0 Å². The van der Waals surface area contributed by atoms with Crippen molar-refractivity contribution in [3.8, 4) is 17.2 Å². The Morgan fingerprint density at radius 1 is 1.15 bits per heavy atom. The van der Waals surface area contributed by atoms with Crippen LogP contribution in [0.5, 0.6) is 0 Å². The van der Waals surface area contributed by atoms with E-state index in [-0.39, 0.29) is 6.61 Å². The Kier molecular flexibility index (Phi) is 5.69. The first-order chi connectivity index (χ1) is 13.0. The number of nitrogens with zero attached hydrogens (tertiary/aromatic N) is 2. The molecule has 3 nitrogen and oxygen atoms in total. The number of hydrogen-bond acceptors (Lipinski definition) is 3. The molecule has 0 radical (unpaired) electrons. The Balaban J connectivity index is 2.35. The minimum absolute atomic E-state index is 0.00210. The average Bonchev–Trinajstić information content (AvgIpc) is 2.65. The Bertz CT molecular complexity index is 1020. The lowest BCUT2D eigenvalue weighted by molar-refractivity contribution is 0.343. The second-order valence-corrected chi connectivity index (χ2v) is 7.25. The lowest BCUT2D eigenvalue weighted by Gasteiger charge is -2.15. The van der Waals surface area contributed by atoms with E-state index in [4.69, 9.17) is 10.1 Å². The number of fused-ring (bicyclic) bond motifs is 1. The summed E-state index contributed by atoms with van der Waals surface area (Å²) in [5.74, 6) is 0.416. The first kappa shape index (κ1) is 18.8. The topological polar surface area (TPSA) is 56.9 Å². The molecule has 0 aliphatic carbocycles. The van der Waals surface area contributed by atoms with Gasteiger partial charge in [-0.15, -0.1) is 0 Å². The highest BCUT2D eigenvalue weighted by atomic mass is 16.2. The summed E-state index contributed by atoms with van der Waals surface area (Å²) in [4.78, 5) is 4.82. The molecule has 0 amide bonds. The standard InChI is InChI=1S/C24H24N2O/c1-16(2)13-23-21(15-25)24(19-9-6-17(3)7-10-19)20-14-18(5-4-12-27)8-11-22(20)26-23/h4-11,14,16,27H,12-13H2,1-3H3. The van der Waals surface area contributed by atoms with Crippen molar-refractivity contribution in [1.82, 2.24) is 4.98 Å². The summed E-state index contributed by atoms with van der Waals surface area (Å²) < 4.78 is 0. The monoisotopic (exact) mass is 356 g/mol. The van der Waals surface area contributed by atoms with Crippen LogP contribution in [0.15, 0.2) is 48.5 Å². The van der Waals surface area contributed by atoms with E-state index in [9.17, 15) is 5.26 Å². The maximum Gasteiger partial charge on any atom is 0.102 e. The summed E-state index contributed by atoms with van der Waals surface area (Å²) >= 11 is 0. The summed E-state index contributed by atoms with van der Waals surface area (Å²) in [6.07, 6.45) is 4.36. The van der Waals surface area contributed by atoms with Crippen molar-refractivity contribution in [2.45, 2.75) is 27.2 Å². The van der Waals surface area contributed by atoms with Crippen molar-refractivity contribution in [2.75, 3.05) is 6.61 Å². The molecule has 0 unspecified atom stereocenters. The van der Waals surface area contributed by atoms with E-state index in [1.807, 2.05) is 24.3 Å². The zero-order valence-corrected chi connectivity index (χ0v) is 16.0. The molecule has 136 valence electrons. The van der Waals surface area contributed by atoms with Crippen molar-refractivity contribution >= 4 is 17.0 Å². The molecule has 0 atom stereocenters. The summed E-state index contributed by atoms with van der Waals surface area (Å²) in [5.41, 5.74) is 6.53. The number of nitriles is 1. The van der Waals surface area contributed by atoms with Gasteiger partial charge in [-0.25, -0.2) is 0 Å². The summed E-state index contributed by atoms with van der Waals surface area (Å²) in [5, 5.41) is 20.0. The Labute approximate surface area is 160 Å². The van der Waals surface area contributed by atoms with E-state index in [0.29, 0.717) is 11.5 Å². The lowest BCUT2D eigenvalue weighted by atomic mass is 9.91. The second kappa shape index (κ2) is 8.16. The van der Waals surface area contributed by atoms with Crippen molar-refractivity contribution in [1.29, 1.82) is 5.26 Å². The van der Waals surface area contributed by atoms with Gasteiger partial charge in [0.05, 0.1) is 23.4 Å². The first-order valence-electron chi connectivity index (χ1n) is 9.24. The SMILES string of the molecule is Cc1ccc(-c2c(C#N)c(CC(C)C)nc3ccc(C=CCO)cc23)cc1. The Morgan fingerprint density at radius 3 is 2.52 bits per heavy atom. The fraction of sp³-hybridized carbons (Fsp3) is 0.250.